The first-order valence-electron chi connectivity index (χ1n) is 10.9. The molecule has 0 unspecified atom stereocenters. The molecule has 8 nitrogen and oxygen atoms in total. The van der Waals surface area contributed by atoms with E-state index in [2.05, 4.69) is 20.2 Å². The van der Waals surface area contributed by atoms with Gasteiger partial charge in [0.2, 0.25) is 5.95 Å². The summed E-state index contributed by atoms with van der Waals surface area (Å²) in [7, 11) is 5.70. The second kappa shape index (κ2) is 13.1. The summed E-state index contributed by atoms with van der Waals surface area (Å²) in [4.78, 5) is 21.5. The number of hydrogen-bond acceptors (Lipinski definition) is 8. The van der Waals surface area contributed by atoms with E-state index in [9.17, 15) is 4.79 Å². The lowest BCUT2D eigenvalue weighted by Gasteiger charge is -2.08. The van der Waals surface area contributed by atoms with Gasteiger partial charge in [0.1, 0.15) is 17.3 Å². The van der Waals surface area contributed by atoms with Gasteiger partial charge in [0, 0.05) is 37.6 Å². The number of furan rings is 1. The number of thioether (sulfide) groups is 1. The van der Waals surface area contributed by atoms with Crippen molar-refractivity contribution in [1.29, 1.82) is 0 Å². The predicted octanol–water partition coefficient (Wildman–Crippen LogP) is 3.54. The molecule has 0 spiro atoms. The van der Waals surface area contributed by atoms with Gasteiger partial charge in [-0.3, -0.25) is 9.78 Å². The number of hydrogen-bond donors (Lipinski definition) is 2. The summed E-state index contributed by atoms with van der Waals surface area (Å²) in [6.07, 6.45) is 2.08. The quantitative estimate of drug-likeness (QED) is 0.344. The second-order valence-electron chi connectivity index (χ2n) is 7.85. The summed E-state index contributed by atoms with van der Waals surface area (Å²) in [5.74, 6) is 4.86. The molecule has 9 heteroatoms. The zero-order valence-electron chi connectivity index (χ0n) is 19.4. The summed E-state index contributed by atoms with van der Waals surface area (Å²) >= 11 is 1.76. The second-order valence-corrected chi connectivity index (χ2v) is 8.96. The first-order chi connectivity index (χ1) is 16.0. The molecular weight excluding hydrogens is 440 g/mol. The van der Waals surface area contributed by atoms with Gasteiger partial charge < -0.3 is 24.1 Å². The van der Waals surface area contributed by atoms with Gasteiger partial charge in [-0.2, -0.15) is 11.8 Å². The molecule has 0 aliphatic heterocycles. The molecule has 0 saturated heterocycles. The molecule has 0 fully saturated rings. The summed E-state index contributed by atoms with van der Waals surface area (Å²) in [6.45, 7) is 2.43. The third-order valence-electron chi connectivity index (χ3n) is 4.70. The lowest BCUT2D eigenvalue weighted by atomic mass is 10.2. The fourth-order valence-electron chi connectivity index (χ4n) is 3.17. The highest BCUT2D eigenvalue weighted by molar-refractivity contribution is 7.98. The van der Waals surface area contributed by atoms with Crippen LogP contribution in [0.4, 0.5) is 5.95 Å². The van der Waals surface area contributed by atoms with E-state index in [1.807, 2.05) is 50.5 Å². The minimum absolute atomic E-state index is 0.152. The normalized spacial score (nSPS) is 11.2. The van der Waals surface area contributed by atoms with Crippen molar-refractivity contribution in [3.8, 4) is 5.75 Å². The molecule has 2 N–H and O–H groups in total. The Hall–Kier alpha value is -2.75. The van der Waals surface area contributed by atoms with Crippen molar-refractivity contribution >= 4 is 17.7 Å². The Morgan fingerprint density at radius 2 is 2.06 bits per heavy atom. The van der Waals surface area contributed by atoms with Crippen LogP contribution in [-0.2, 0) is 30.1 Å². The molecule has 2 heterocycles. The molecule has 33 heavy (non-hydrogen) atoms. The monoisotopic (exact) mass is 472 g/mol. The highest BCUT2D eigenvalue weighted by atomic mass is 32.2. The molecule has 0 amide bonds. The highest BCUT2D eigenvalue weighted by Gasteiger charge is 2.06. The van der Waals surface area contributed by atoms with Crippen LogP contribution in [-0.4, -0.2) is 55.0 Å². The van der Waals surface area contributed by atoms with Crippen LogP contribution in [0.3, 0.4) is 0 Å². The van der Waals surface area contributed by atoms with Crippen molar-refractivity contribution in [2.45, 2.75) is 25.3 Å². The zero-order chi connectivity index (χ0) is 23.5. The summed E-state index contributed by atoms with van der Waals surface area (Å²) < 4.78 is 16.7. The van der Waals surface area contributed by atoms with E-state index in [0.717, 1.165) is 40.9 Å². The number of anilines is 1. The molecular formula is C24H32N4O4S. The predicted molar refractivity (Wildman–Crippen MR) is 132 cm³/mol. The molecule has 178 valence electrons. The maximum absolute atomic E-state index is 12.3. The number of aromatic amines is 1. The van der Waals surface area contributed by atoms with Crippen LogP contribution in [0, 0.1) is 0 Å². The van der Waals surface area contributed by atoms with E-state index in [1.54, 1.807) is 25.1 Å². The molecule has 0 atom stereocenters. The van der Waals surface area contributed by atoms with E-state index < -0.39 is 0 Å². The summed E-state index contributed by atoms with van der Waals surface area (Å²) in [6, 6.07) is 11.8. The van der Waals surface area contributed by atoms with E-state index in [-0.39, 0.29) is 5.56 Å². The number of benzene rings is 1. The Labute approximate surface area is 198 Å². The van der Waals surface area contributed by atoms with Gasteiger partial charge in [0.25, 0.3) is 5.56 Å². The van der Waals surface area contributed by atoms with Crippen molar-refractivity contribution in [2.24, 2.45) is 0 Å². The van der Waals surface area contributed by atoms with Gasteiger partial charge in [-0.25, -0.2) is 4.98 Å². The maximum Gasteiger partial charge on any atom is 0.255 e. The van der Waals surface area contributed by atoms with Crippen LogP contribution in [0.2, 0.25) is 0 Å². The zero-order valence-corrected chi connectivity index (χ0v) is 20.2. The fourth-order valence-corrected chi connectivity index (χ4v) is 3.92. The van der Waals surface area contributed by atoms with E-state index in [1.165, 1.54) is 0 Å². The van der Waals surface area contributed by atoms with Crippen LogP contribution in [0.15, 0.2) is 51.8 Å². The Morgan fingerprint density at radius 3 is 2.85 bits per heavy atom. The van der Waals surface area contributed by atoms with Crippen molar-refractivity contribution < 1.29 is 13.9 Å². The van der Waals surface area contributed by atoms with Gasteiger partial charge in [-0.15, -0.1) is 0 Å². The number of H-pyrrole nitrogens is 1. The smallest absolute Gasteiger partial charge is 0.255 e. The minimum Gasteiger partial charge on any atom is -0.493 e. The highest BCUT2D eigenvalue weighted by Crippen LogP contribution is 2.16. The maximum atomic E-state index is 12.3. The van der Waals surface area contributed by atoms with Crippen LogP contribution in [0.25, 0.3) is 0 Å². The van der Waals surface area contributed by atoms with Crippen molar-refractivity contribution in [3.05, 3.63) is 75.6 Å². The van der Waals surface area contributed by atoms with Crippen LogP contribution in [0.1, 0.15) is 22.6 Å². The largest absolute Gasteiger partial charge is 0.493 e. The number of rotatable bonds is 14. The Bertz CT molecular complexity index is 1050. The topological polar surface area (TPSA) is 92.6 Å². The van der Waals surface area contributed by atoms with Crippen LogP contribution >= 0.6 is 11.8 Å². The number of nitrogens with zero attached hydrogens (tertiary/aromatic N) is 2. The lowest BCUT2D eigenvalue weighted by Crippen LogP contribution is -2.19. The van der Waals surface area contributed by atoms with Crippen LogP contribution in [0.5, 0.6) is 5.75 Å². The average Bonchev–Trinajstić information content (AvgIpc) is 3.22. The van der Waals surface area contributed by atoms with Crippen molar-refractivity contribution in [2.75, 3.05) is 45.4 Å². The Balaban J connectivity index is 1.36. The first kappa shape index (κ1) is 24.9. The molecule has 3 aromatic rings. The van der Waals surface area contributed by atoms with E-state index >= 15 is 0 Å². The molecule has 2 aromatic heterocycles. The SMILES string of the molecule is COCc1cccc(OCCc2cnc(NCCSCc3ccc(CN(C)C)o3)[nH]c2=O)c1. The van der Waals surface area contributed by atoms with Gasteiger partial charge in [-0.05, 0) is 43.9 Å². The van der Waals surface area contributed by atoms with Gasteiger partial charge >= 0.3 is 0 Å². The molecule has 3 rings (SSSR count). The minimum atomic E-state index is -0.152. The number of aromatic nitrogens is 2. The Morgan fingerprint density at radius 1 is 1.21 bits per heavy atom. The number of methoxy groups -OCH3 is 1. The average molecular weight is 473 g/mol. The molecule has 0 aliphatic carbocycles. The lowest BCUT2D eigenvalue weighted by molar-refractivity contribution is 0.184. The fraction of sp³-hybridized carbons (Fsp3) is 0.417. The number of nitrogens with one attached hydrogen (secondary N) is 2. The standard InChI is InChI=1S/C24H32N4O4S/c1-28(2)15-21-7-8-22(32-21)17-33-12-10-25-24-26-14-19(23(29)27-24)9-11-31-20-6-4-5-18(13-20)16-30-3/h4-8,13-14H,9-12,15-17H2,1-3H3,(H2,25,26,27,29). The summed E-state index contributed by atoms with van der Waals surface area (Å²) in [5.41, 5.74) is 1.48. The summed E-state index contributed by atoms with van der Waals surface area (Å²) in [5, 5.41) is 3.16. The van der Waals surface area contributed by atoms with E-state index in [4.69, 9.17) is 13.9 Å². The molecule has 0 bridgehead atoms. The van der Waals surface area contributed by atoms with Gasteiger partial charge in [0.05, 0.1) is 25.5 Å². The molecule has 0 radical (unpaired) electrons. The number of ether oxygens (including phenoxy) is 2. The van der Waals surface area contributed by atoms with Gasteiger partial charge in [-0.1, -0.05) is 12.1 Å². The third-order valence-corrected chi connectivity index (χ3v) is 5.68. The molecule has 1 aromatic carbocycles. The van der Waals surface area contributed by atoms with Crippen molar-refractivity contribution in [1.82, 2.24) is 14.9 Å². The van der Waals surface area contributed by atoms with E-state index in [0.29, 0.717) is 37.7 Å². The van der Waals surface area contributed by atoms with Crippen molar-refractivity contribution in [3.63, 3.8) is 0 Å². The molecule has 0 saturated carbocycles. The first-order valence-corrected chi connectivity index (χ1v) is 12.0. The molecule has 0 aliphatic rings. The Kier molecular flexibility index (Phi) is 9.86. The van der Waals surface area contributed by atoms with Gasteiger partial charge in [0.15, 0.2) is 0 Å². The third kappa shape index (κ3) is 8.60. The van der Waals surface area contributed by atoms with Crippen LogP contribution < -0.4 is 15.6 Å².